The van der Waals surface area contributed by atoms with Crippen LogP contribution in [0.5, 0.6) is 0 Å². The lowest BCUT2D eigenvalue weighted by Crippen LogP contribution is -2.39. The van der Waals surface area contributed by atoms with Crippen LogP contribution in [0.3, 0.4) is 0 Å². The van der Waals surface area contributed by atoms with Crippen LogP contribution in [0.1, 0.15) is 52.6 Å². The van der Waals surface area contributed by atoms with Crippen LogP contribution >= 0.6 is 0 Å². The Morgan fingerprint density at radius 3 is 2.44 bits per heavy atom. The number of rotatable bonds is 3. The SMILES string of the molecule is Cc1ccc(C)n1-c1ncccc1[C@H]1CCCCN1C(=O)c1ccccc1. The third kappa shape index (κ3) is 3.27. The van der Waals surface area contributed by atoms with Gasteiger partial charge in [0.25, 0.3) is 5.91 Å². The minimum atomic E-state index is 0.0522. The second-order valence-corrected chi connectivity index (χ2v) is 7.24. The summed E-state index contributed by atoms with van der Waals surface area (Å²) in [4.78, 5) is 20.0. The highest BCUT2D eigenvalue weighted by Gasteiger charge is 2.31. The summed E-state index contributed by atoms with van der Waals surface area (Å²) in [5, 5.41) is 0. The molecule has 4 nitrogen and oxygen atoms in total. The van der Waals surface area contributed by atoms with Crippen LogP contribution in [0, 0.1) is 13.8 Å². The number of piperidine rings is 1. The summed E-state index contributed by atoms with van der Waals surface area (Å²) in [6.45, 7) is 4.98. The number of hydrogen-bond donors (Lipinski definition) is 0. The van der Waals surface area contributed by atoms with E-state index in [1.165, 1.54) is 0 Å². The maximum Gasteiger partial charge on any atom is 0.254 e. The summed E-state index contributed by atoms with van der Waals surface area (Å²) < 4.78 is 2.19. The van der Waals surface area contributed by atoms with Crippen molar-refractivity contribution in [2.75, 3.05) is 6.54 Å². The number of nitrogens with zero attached hydrogens (tertiary/aromatic N) is 3. The summed E-state index contributed by atoms with van der Waals surface area (Å²) in [5.41, 5.74) is 4.19. The highest BCUT2D eigenvalue weighted by molar-refractivity contribution is 5.94. The van der Waals surface area contributed by atoms with Gasteiger partial charge in [0.05, 0.1) is 6.04 Å². The van der Waals surface area contributed by atoms with E-state index in [1.54, 1.807) is 0 Å². The van der Waals surface area contributed by atoms with E-state index >= 15 is 0 Å². The van der Waals surface area contributed by atoms with Gasteiger partial charge in [0.15, 0.2) is 0 Å². The molecule has 138 valence electrons. The van der Waals surface area contributed by atoms with Gasteiger partial charge in [0.1, 0.15) is 5.82 Å². The van der Waals surface area contributed by atoms with Crippen LogP contribution in [-0.2, 0) is 0 Å². The Morgan fingerprint density at radius 2 is 1.70 bits per heavy atom. The van der Waals surface area contributed by atoms with Crippen LogP contribution in [-0.4, -0.2) is 26.9 Å². The summed E-state index contributed by atoms with van der Waals surface area (Å²) in [7, 11) is 0. The highest BCUT2D eigenvalue weighted by atomic mass is 16.2. The van der Waals surface area contributed by atoms with Gasteiger partial charge in [-0.2, -0.15) is 0 Å². The predicted octanol–water partition coefficient (Wildman–Crippen LogP) is 4.86. The molecule has 1 aromatic carbocycles. The summed E-state index contributed by atoms with van der Waals surface area (Å²) in [5.74, 6) is 1.05. The van der Waals surface area contributed by atoms with Gasteiger partial charge in [0, 0.05) is 35.3 Å². The van der Waals surface area contributed by atoms with E-state index in [4.69, 9.17) is 4.98 Å². The van der Waals surface area contributed by atoms with Crippen molar-refractivity contribution in [1.29, 1.82) is 0 Å². The second kappa shape index (κ2) is 7.39. The Hall–Kier alpha value is -2.88. The van der Waals surface area contributed by atoms with E-state index in [2.05, 4.69) is 36.6 Å². The van der Waals surface area contributed by atoms with Crippen LogP contribution in [0.4, 0.5) is 0 Å². The van der Waals surface area contributed by atoms with Crippen LogP contribution < -0.4 is 0 Å². The van der Waals surface area contributed by atoms with Gasteiger partial charge < -0.3 is 9.47 Å². The molecule has 2 aromatic heterocycles. The zero-order chi connectivity index (χ0) is 18.8. The minimum absolute atomic E-state index is 0.0522. The first kappa shape index (κ1) is 17.5. The maximum absolute atomic E-state index is 13.2. The van der Waals surface area contributed by atoms with Crippen molar-refractivity contribution >= 4 is 5.91 Å². The van der Waals surface area contributed by atoms with Crippen molar-refractivity contribution in [3.8, 4) is 5.82 Å². The number of aromatic nitrogens is 2. The van der Waals surface area contributed by atoms with Gasteiger partial charge in [0.2, 0.25) is 0 Å². The third-order valence-corrected chi connectivity index (χ3v) is 5.44. The molecule has 4 rings (SSSR count). The van der Waals surface area contributed by atoms with Gasteiger partial charge in [-0.25, -0.2) is 4.98 Å². The lowest BCUT2D eigenvalue weighted by atomic mass is 9.94. The first-order valence-electron chi connectivity index (χ1n) is 9.63. The number of benzene rings is 1. The molecule has 0 saturated carbocycles. The monoisotopic (exact) mass is 359 g/mol. The van der Waals surface area contributed by atoms with Crippen LogP contribution in [0.15, 0.2) is 60.8 Å². The quantitative estimate of drug-likeness (QED) is 0.670. The average Bonchev–Trinajstić information content (AvgIpc) is 3.06. The Bertz CT molecular complexity index is 926. The van der Waals surface area contributed by atoms with Crippen molar-refractivity contribution in [2.24, 2.45) is 0 Å². The van der Waals surface area contributed by atoms with E-state index in [-0.39, 0.29) is 11.9 Å². The normalized spacial score (nSPS) is 17.1. The smallest absolute Gasteiger partial charge is 0.254 e. The molecule has 3 aromatic rings. The molecule has 0 spiro atoms. The fraction of sp³-hybridized carbons (Fsp3) is 0.304. The Morgan fingerprint density at radius 1 is 0.963 bits per heavy atom. The lowest BCUT2D eigenvalue weighted by Gasteiger charge is -2.37. The van der Waals surface area contributed by atoms with Crippen molar-refractivity contribution < 1.29 is 4.79 Å². The van der Waals surface area contributed by atoms with E-state index in [0.29, 0.717) is 0 Å². The molecule has 1 fully saturated rings. The summed E-state index contributed by atoms with van der Waals surface area (Å²) in [6, 6.07) is 18.0. The molecule has 4 heteroatoms. The zero-order valence-electron chi connectivity index (χ0n) is 15.9. The second-order valence-electron chi connectivity index (χ2n) is 7.24. The van der Waals surface area contributed by atoms with Crippen LogP contribution in [0.25, 0.3) is 5.82 Å². The van der Waals surface area contributed by atoms with Crippen molar-refractivity contribution in [1.82, 2.24) is 14.5 Å². The first-order valence-corrected chi connectivity index (χ1v) is 9.63. The molecular formula is C23H25N3O. The molecule has 1 saturated heterocycles. The minimum Gasteiger partial charge on any atom is -0.331 e. The predicted molar refractivity (Wildman–Crippen MR) is 107 cm³/mol. The number of pyridine rings is 1. The molecule has 0 aliphatic carbocycles. The number of carbonyl (C=O) groups is 1. The molecule has 1 atom stereocenters. The molecule has 1 aliphatic rings. The molecule has 0 N–H and O–H groups in total. The maximum atomic E-state index is 13.2. The van der Waals surface area contributed by atoms with Crippen LogP contribution in [0.2, 0.25) is 0 Å². The van der Waals surface area contributed by atoms with Gasteiger partial charge in [-0.15, -0.1) is 0 Å². The van der Waals surface area contributed by atoms with Gasteiger partial charge in [-0.1, -0.05) is 24.3 Å². The zero-order valence-corrected chi connectivity index (χ0v) is 15.9. The van der Waals surface area contributed by atoms with Crippen molar-refractivity contribution in [3.05, 3.63) is 83.3 Å². The van der Waals surface area contributed by atoms with Gasteiger partial charge in [-0.3, -0.25) is 4.79 Å². The van der Waals surface area contributed by atoms with Crippen molar-refractivity contribution in [2.45, 2.75) is 39.2 Å². The molecule has 0 unspecified atom stereocenters. The molecule has 1 amide bonds. The average molecular weight is 359 g/mol. The first-order chi connectivity index (χ1) is 13.2. The number of carbonyl (C=O) groups excluding carboxylic acids is 1. The lowest BCUT2D eigenvalue weighted by molar-refractivity contribution is 0.0611. The number of aryl methyl sites for hydroxylation is 2. The molecule has 0 radical (unpaired) electrons. The fourth-order valence-electron chi connectivity index (χ4n) is 4.10. The van der Waals surface area contributed by atoms with Gasteiger partial charge in [-0.05, 0) is 63.4 Å². The van der Waals surface area contributed by atoms with E-state index in [1.807, 2.05) is 47.5 Å². The Balaban J connectivity index is 1.77. The molecule has 27 heavy (non-hydrogen) atoms. The molecular weight excluding hydrogens is 334 g/mol. The molecule has 1 aliphatic heterocycles. The van der Waals surface area contributed by atoms with E-state index in [0.717, 1.165) is 54.1 Å². The highest BCUT2D eigenvalue weighted by Crippen LogP contribution is 2.35. The van der Waals surface area contributed by atoms with Crippen molar-refractivity contribution in [3.63, 3.8) is 0 Å². The third-order valence-electron chi connectivity index (χ3n) is 5.44. The fourth-order valence-corrected chi connectivity index (χ4v) is 4.10. The molecule has 0 bridgehead atoms. The largest absolute Gasteiger partial charge is 0.331 e. The number of hydrogen-bond acceptors (Lipinski definition) is 2. The Kier molecular flexibility index (Phi) is 4.80. The van der Waals surface area contributed by atoms with E-state index in [9.17, 15) is 4.79 Å². The summed E-state index contributed by atoms with van der Waals surface area (Å²) >= 11 is 0. The van der Waals surface area contributed by atoms with E-state index < -0.39 is 0 Å². The summed E-state index contributed by atoms with van der Waals surface area (Å²) in [6.07, 6.45) is 4.98. The molecule has 3 heterocycles. The standard InChI is InChI=1S/C23H25N3O/c1-17-13-14-18(2)26(17)22-20(11-8-15-24-22)21-12-6-7-16-25(21)23(27)19-9-4-3-5-10-19/h3-5,8-11,13-15,21H,6-7,12,16H2,1-2H3/t21-/m1/s1. The number of likely N-dealkylation sites (tertiary alicyclic amines) is 1. The topological polar surface area (TPSA) is 38.1 Å². The Labute approximate surface area is 160 Å². The van der Waals surface area contributed by atoms with Gasteiger partial charge >= 0.3 is 0 Å². The number of amides is 1.